The van der Waals surface area contributed by atoms with Gasteiger partial charge < -0.3 is 18.9 Å². The number of hydrogen-bond acceptors (Lipinski definition) is 2. The fraction of sp³-hybridized carbons (Fsp3) is 0.0233. The normalized spacial score (nSPS) is 12.1. The molecule has 90 heavy (non-hydrogen) atoms. The third kappa shape index (κ3) is 8.44. The summed E-state index contributed by atoms with van der Waals surface area (Å²) in [4.78, 5) is 4.81. The highest BCUT2D eigenvalue weighted by Gasteiger charge is 2.29. The molecule has 0 bridgehead atoms. The molecule has 422 valence electrons. The van der Waals surface area contributed by atoms with Crippen LogP contribution in [0, 0.1) is 0 Å². The summed E-state index contributed by atoms with van der Waals surface area (Å²) in [6.07, 6.45) is 1.77. The first-order valence-corrected chi connectivity index (χ1v) is 31.2. The molecule has 0 saturated carbocycles. The quantitative estimate of drug-likeness (QED) is 0.128. The number of aromatic nitrogens is 2. The van der Waals surface area contributed by atoms with Crippen LogP contribution in [-0.4, -0.2) is 9.13 Å². The molecule has 0 saturated heterocycles. The second-order valence-corrected chi connectivity index (χ2v) is 24.0. The molecule has 0 N–H and O–H groups in total. The van der Waals surface area contributed by atoms with Crippen molar-refractivity contribution in [1.82, 2.24) is 9.13 Å². The molecule has 14 aromatic carbocycles. The Hall–Kier alpha value is -11.7. The molecule has 4 heteroatoms. The van der Waals surface area contributed by atoms with Crippen molar-refractivity contribution in [3.8, 4) is 67.0 Å². The minimum atomic E-state index is 0.885. The van der Waals surface area contributed by atoms with Gasteiger partial charge in [-0.15, -0.1) is 0 Å². The van der Waals surface area contributed by atoms with Gasteiger partial charge in [0.05, 0.1) is 22.1 Å². The van der Waals surface area contributed by atoms with Crippen molar-refractivity contribution in [3.05, 3.63) is 350 Å². The monoisotopic (exact) mass is 1150 g/mol. The summed E-state index contributed by atoms with van der Waals surface area (Å²) in [6, 6.07) is 121. The summed E-state index contributed by atoms with van der Waals surface area (Å²) in [5.41, 5.74) is 31.8. The summed E-state index contributed by atoms with van der Waals surface area (Å²) in [7, 11) is 0. The molecule has 0 atom stereocenters. The van der Waals surface area contributed by atoms with Crippen LogP contribution in [0.15, 0.2) is 328 Å². The van der Waals surface area contributed by atoms with Crippen molar-refractivity contribution in [2.75, 3.05) is 9.80 Å². The van der Waals surface area contributed by atoms with Crippen LogP contribution in [0.4, 0.5) is 34.1 Å². The van der Waals surface area contributed by atoms with E-state index in [0.717, 1.165) is 69.5 Å². The number of rotatable bonds is 11. The lowest BCUT2D eigenvalue weighted by atomic mass is 9.98. The van der Waals surface area contributed by atoms with Gasteiger partial charge in [-0.25, -0.2) is 0 Å². The molecule has 2 aliphatic carbocycles. The van der Waals surface area contributed by atoms with Crippen LogP contribution >= 0.6 is 0 Å². The molecule has 0 aliphatic heterocycles. The van der Waals surface area contributed by atoms with Gasteiger partial charge in [0, 0.05) is 67.0 Å². The molecule has 0 spiro atoms. The maximum atomic E-state index is 2.45. The van der Waals surface area contributed by atoms with E-state index in [9.17, 15) is 0 Å². The number of fused-ring (bicyclic) bond motifs is 14. The lowest BCUT2D eigenvalue weighted by molar-refractivity contribution is 1.18. The second-order valence-electron chi connectivity index (χ2n) is 24.0. The number of para-hydroxylation sites is 4. The SMILES string of the molecule is c1ccc(-c2ccc3c(c2)-c2ccc4c(c2C3)c2cc(N(c3ccccc3)c3ccc(-c5ccc(N(c6ccccc6)c6ccc7c(c6)c6c8c(ccc6n7-c6ccccc6)-c6cc(-c7ccccc7)ccc6C8)cc5)cc3)ccc2n4-c2ccccc2)cc1. The second kappa shape index (κ2) is 21.0. The molecular formula is C86H58N4. The minimum Gasteiger partial charge on any atom is -0.310 e. The van der Waals surface area contributed by atoms with E-state index in [2.05, 4.69) is 347 Å². The molecule has 0 fully saturated rings. The molecule has 4 nitrogen and oxygen atoms in total. The predicted octanol–water partition coefficient (Wildman–Crippen LogP) is 23.0. The molecular weight excluding hydrogens is 1090 g/mol. The van der Waals surface area contributed by atoms with Crippen LogP contribution in [0.5, 0.6) is 0 Å². The standard InChI is InChI=1S/C86H58N4/c1-7-19-57(20-8-1)61-31-33-63-53-77-73(75(63)51-61)45-49-83-85(77)79-55-71(43-47-81(79)89(83)67-27-15-5-16-28-67)87(65-23-11-3-12-24-65)69-39-35-59(36-40-69)60-37-41-70(42-38-60)88(66-25-13-4-14-26-66)72-44-48-82-80(56-72)86-78-54-64-34-32-62(58-21-9-2-10-22-58)52-76(64)74(78)46-50-84(86)90(82)68-29-17-6-18-30-68/h1-52,55-56H,53-54H2. The van der Waals surface area contributed by atoms with E-state index >= 15 is 0 Å². The van der Waals surface area contributed by atoms with Crippen LogP contribution in [0.1, 0.15) is 22.3 Å². The van der Waals surface area contributed by atoms with Crippen molar-refractivity contribution >= 4 is 77.7 Å². The number of benzene rings is 14. The molecule has 16 aromatic rings. The molecule has 0 amide bonds. The average Bonchev–Trinajstić information content (AvgIpc) is 1.61. The number of anilines is 6. The maximum absolute atomic E-state index is 2.45. The van der Waals surface area contributed by atoms with E-state index in [0.29, 0.717) is 0 Å². The van der Waals surface area contributed by atoms with Gasteiger partial charge in [0.15, 0.2) is 0 Å². The Morgan fingerprint density at radius 2 is 0.533 bits per heavy atom. The van der Waals surface area contributed by atoms with Gasteiger partial charge in [-0.05, 0) is 224 Å². The Labute approximate surface area is 523 Å². The third-order valence-corrected chi connectivity index (χ3v) is 19.0. The van der Waals surface area contributed by atoms with Crippen molar-refractivity contribution in [2.45, 2.75) is 12.8 Å². The van der Waals surface area contributed by atoms with E-state index in [1.54, 1.807) is 0 Å². The van der Waals surface area contributed by atoms with Gasteiger partial charge in [-0.2, -0.15) is 0 Å². The smallest absolute Gasteiger partial charge is 0.0544 e. The lowest BCUT2D eigenvalue weighted by Gasteiger charge is -2.26. The Morgan fingerprint density at radius 1 is 0.222 bits per heavy atom. The van der Waals surface area contributed by atoms with Gasteiger partial charge in [-0.3, -0.25) is 0 Å². The Morgan fingerprint density at radius 3 is 0.922 bits per heavy atom. The predicted molar refractivity (Wildman–Crippen MR) is 377 cm³/mol. The first-order chi connectivity index (χ1) is 44.6. The fourth-order valence-corrected chi connectivity index (χ4v) is 14.8. The van der Waals surface area contributed by atoms with Crippen molar-refractivity contribution in [2.24, 2.45) is 0 Å². The van der Waals surface area contributed by atoms with Crippen LogP contribution in [0.2, 0.25) is 0 Å². The summed E-state index contributed by atoms with van der Waals surface area (Å²) in [6.45, 7) is 0. The third-order valence-electron chi connectivity index (χ3n) is 19.0. The average molecular weight is 1150 g/mol. The molecule has 18 rings (SSSR count). The van der Waals surface area contributed by atoms with Gasteiger partial charge in [-0.1, -0.05) is 194 Å². The lowest BCUT2D eigenvalue weighted by Crippen LogP contribution is -2.10. The highest BCUT2D eigenvalue weighted by Crippen LogP contribution is 2.50. The first kappa shape index (κ1) is 51.5. The Kier molecular flexibility index (Phi) is 12.0. The van der Waals surface area contributed by atoms with Gasteiger partial charge in [0.25, 0.3) is 0 Å². The molecule has 0 radical (unpaired) electrons. The highest BCUT2D eigenvalue weighted by atomic mass is 15.1. The van der Waals surface area contributed by atoms with Crippen molar-refractivity contribution < 1.29 is 0 Å². The maximum Gasteiger partial charge on any atom is 0.0544 e. The van der Waals surface area contributed by atoms with E-state index < -0.39 is 0 Å². The van der Waals surface area contributed by atoms with Crippen LogP contribution < -0.4 is 9.80 Å². The summed E-state index contributed by atoms with van der Waals surface area (Å²) < 4.78 is 4.91. The van der Waals surface area contributed by atoms with Crippen LogP contribution in [-0.2, 0) is 12.8 Å². The molecule has 0 unspecified atom stereocenters. The first-order valence-electron chi connectivity index (χ1n) is 31.2. The topological polar surface area (TPSA) is 16.3 Å². The number of nitrogens with zero attached hydrogens (tertiary/aromatic N) is 4. The number of hydrogen-bond donors (Lipinski definition) is 0. The van der Waals surface area contributed by atoms with Crippen molar-refractivity contribution in [3.63, 3.8) is 0 Å². The van der Waals surface area contributed by atoms with E-state index in [4.69, 9.17) is 0 Å². The highest BCUT2D eigenvalue weighted by molar-refractivity contribution is 6.16. The van der Waals surface area contributed by atoms with Crippen LogP contribution in [0.25, 0.3) is 111 Å². The summed E-state index contributed by atoms with van der Waals surface area (Å²) >= 11 is 0. The summed E-state index contributed by atoms with van der Waals surface area (Å²) in [5, 5.41) is 5.11. The zero-order valence-electron chi connectivity index (χ0n) is 49.4. The summed E-state index contributed by atoms with van der Waals surface area (Å²) in [5.74, 6) is 0. The van der Waals surface area contributed by atoms with E-state index in [1.807, 2.05) is 0 Å². The van der Waals surface area contributed by atoms with Gasteiger partial charge in [0.1, 0.15) is 0 Å². The van der Waals surface area contributed by atoms with Crippen molar-refractivity contribution in [1.29, 1.82) is 0 Å². The largest absolute Gasteiger partial charge is 0.310 e. The molecule has 2 aliphatic rings. The van der Waals surface area contributed by atoms with Gasteiger partial charge in [0.2, 0.25) is 0 Å². The van der Waals surface area contributed by atoms with Crippen LogP contribution in [0.3, 0.4) is 0 Å². The fourth-order valence-electron chi connectivity index (χ4n) is 14.8. The molecule has 2 heterocycles. The Bertz CT molecular complexity index is 5080. The minimum absolute atomic E-state index is 0.885. The zero-order chi connectivity index (χ0) is 59.2. The van der Waals surface area contributed by atoms with E-state index in [-0.39, 0.29) is 0 Å². The Balaban J connectivity index is 0.714. The van der Waals surface area contributed by atoms with Gasteiger partial charge >= 0.3 is 0 Å². The van der Waals surface area contributed by atoms with E-state index in [1.165, 1.54) is 110 Å². The zero-order valence-corrected chi connectivity index (χ0v) is 49.4. The molecule has 2 aromatic heterocycles.